The summed E-state index contributed by atoms with van der Waals surface area (Å²) in [5, 5.41) is 0. The average molecular weight is 408 g/mol. The number of benzene rings is 4. The van der Waals surface area contributed by atoms with Crippen LogP contribution in [0.1, 0.15) is 22.6 Å². The van der Waals surface area contributed by atoms with Gasteiger partial charge in [0.05, 0.1) is 19.6 Å². The fourth-order valence-electron chi connectivity index (χ4n) is 3.75. The van der Waals surface area contributed by atoms with Crippen molar-refractivity contribution in [3.05, 3.63) is 132 Å². The van der Waals surface area contributed by atoms with Crippen molar-refractivity contribution in [2.24, 2.45) is 0 Å². The molecule has 0 aromatic heterocycles. The lowest BCUT2D eigenvalue weighted by molar-refractivity contribution is -0.119. The Morgan fingerprint density at radius 1 is 0.710 bits per heavy atom. The van der Waals surface area contributed by atoms with Crippen molar-refractivity contribution in [1.82, 2.24) is 0 Å². The van der Waals surface area contributed by atoms with Crippen LogP contribution < -0.4 is 9.64 Å². The molecule has 0 bridgehead atoms. The Labute approximate surface area is 183 Å². The van der Waals surface area contributed by atoms with Crippen molar-refractivity contribution in [1.29, 1.82) is 0 Å². The molecule has 0 unspecified atom stereocenters. The van der Waals surface area contributed by atoms with Crippen molar-refractivity contribution in [3.63, 3.8) is 0 Å². The Kier molecular flexibility index (Phi) is 6.44. The number of amides is 1. The molecular formula is C28H25NO2. The fourth-order valence-corrected chi connectivity index (χ4v) is 3.75. The van der Waals surface area contributed by atoms with Crippen LogP contribution in [0.4, 0.5) is 5.69 Å². The molecule has 0 N–H and O–H groups in total. The third kappa shape index (κ3) is 4.84. The first kappa shape index (κ1) is 20.4. The monoisotopic (exact) mass is 407 g/mol. The number of hydrogen-bond donors (Lipinski definition) is 0. The average Bonchev–Trinajstić information content (AvgIpc) is 2.85. The molecule has 0 aliphatic rings. The van der Waals surface area contributed by atoms with Crippen molar-refractivity contribution < 1.29 is 9.53 Å². The van der Waals surface area contributed by atoms with E-state index in [0.717, 1.165) is 28.1 Å². The van der Waals surface area contributed by atoms with Crippen LogP contribution >= 0.6 is 0 Å². The Hall–Kier alpha value is -3.85. The summed E-state index contributed by atoms with van der Waals surface area (Å²) in [6.07, 6.45) is 0. The summed E-state index contributed by atoms with van der Waals surface area (Å²) >= 11 is 0. The second kappa shape index (κ2) is 9.77. The zero-order valence-electron chi connectivity index (χ0n) is 17.5. The molecule has 31 heavy (non-hydrogen) atoms. The highest BCUT2D eigenvalue weighted by molar-refractivity contribution is 6.00. The topological polar surface area (TPSA) is 29.5 Å². The Morgan fingerprint density at radius 3 is 1.68 bits per heavy atom. The van der Waals surface area contributed by atoms with Gasteiger partial charge in [0.1, 0.15) is 5.75 Å². The van der Waals surface area contributed by atoms with Gasteiger partial charge in [-0.1, -0.05) is 91.0 Å². The van der Waals surface area contributed by atoms with Crippen LogP contribution in [0, 0.1) is 0 Å². The lowest BCUT2D eigenvalue weighted by Gasteiger charge is -2.28. The van der Waals surface area contributed by atoms with Crippen molar-refractivity contribution in [2.45, 2.75) is 12.5 Å². The number of hydrogen-bond acceptors (Lipinski definition) is 2. The van der Waals surface area contributed by atoms with Gasteiger partial charge < -0.3 is 9.64 Å². The molecule has 154 valence electrons. The van der Waals surface area contributed by atoms with Crippen molar-refractivity contribution in [2.75, 3.05) is 12.0 Å². The first-order valence-corrected chi connectivity index (χ1v) is 10.4. The van der Waals surface area contributed by atoms with E-state index in [1.165, 1.54) is 0 Å². The number of carbonyl (C=O) groups excluding carboxylic acids is 1. The highest BCUT2D eigenvalue weighted by atomic mass is 16.5. The molecular weight excluding hydrogens is 382 g/mol. The summed E-state index contributed by atoms with van der Waals surface area (Å²) in [6, 6.07) is 37.7. The lowest BCUT2D eigenvalue weighted by atomic mass is 9.89. The van der Waals surface area contributed by atoms with Gasteiger partial charge in [0.15, 0.2) is 0 Å². The third-order valence-corrected chi connectivity index (χ3v) is 5.35. The van der Waals surface area contributed by atoms with Gasteiger partial charge in [-0.15, -0.1) is 0 Å². The van der Waals surface area contributed by atoms with Crippen LogP contribution in [0.3, 0.4) is 0 Å². The normalized spacial score (nSPS) is 10.6. The minimum atomic E-state index is -0.395. The quantitative estimate of drug-likeness (QED) is 0.373. The number of anilines is 1. The van der Waals surface area contributed by atoms with Crippen LogP contribution in [-0.2, 0) is 11.3 Å². The maximum atomic E-state index is 14.1. The second-order valence-corrected chi connectivity index (χ2v) is 7.36. The molecule has 0 atom stereocenters. The van der Waals surface area contributed by atoms with E-state index in [4.69, 9.17) is 4.74 Å². The van der Waals surface area contributed by atoms with Gasteiger partial charge in [0.25, 0.3) is 0 Å². The number of rotatable bonds is 7. The van der Waals surface area contributed by atoms with E-state index in [9.17, 15) is 4.79 Å². The van der Waals surface area contributed by atoms with Gasteiger partial charge in [-0.25, -0.2) is 0 Å². The largest absolute Gasteiger partial charge is 0.497 e. The highest BCUT2D eigenvalue weighted by Gasteiger charge is 2.28. The van der Waals surface area contributed by atoms with Gasteiger partial charge in [-0.3, -0.25) is 4.79 Å². The van der Waals surface area contributed by atoms with Crippen molar-refractivity contribution in [3.8, 4) is 5.75 Å². The van der Waals surface area contributed by atoms with E-state index in [0.29, 0.717) is 6.54 Å². The fraction of sp³-hybridized carbons (Fsp3) is 0.107. The summed E-state index contributed by atoms with van der Waals surface area (Å²) in [5.74, 6) is 0.401. The standard InChI is InChI=1S/C28H25NO2/c1-31-26-19-17-25(18-20-26)29(21-22-11-5-2-6-12-22)28(30)27(23-13-7-3-8-14-23)24-15-9-4-10-16-24/h2-20,27H,21H2,1H3. The van der Waals surface area contributed by atoms with E-state index in [1.807, 2.05) is 120 Å². The number of ether oxygens (including phenoxy) is 1. The smallest absolute Gasteiger partial charge is 0.239 e. The molecule has 0 saturated heterocycles. The molecule has 0 aliphatic heterocycles. The molecule has 4 aromatic carbocycles. The van der Waals surface area contributed by atoms with Crippen LogP contribution in [0.25, 0.3) is 0 Å². The lowest BCUT2D eigenvalue weighted by Crippen LogP contribution is -2.35. The molecule has 0 spiro atoms. The van der Waals surface area contributed by atoms with Crippen LogP contribution in [0.5, 0.6) is 5.75 Å². The number of carbonyl (C=O) groups is 1. The minimum absolute atomic E-state index is 0.0337. The SMILES string of the molecule is COc1ccc(N(Cc2ccccc2)C(=O)C(c2ccccc2)c2ccccc2)cc1. The maximum Gasteiger partial charge on any atom is 0.239 e. The molecule has 4 rings (SSSR count). The summed E-state index contributed by atoms with van der Waals surface area (Å²) < 4.78 is 5.31. The van der Waals surface area contributed by atoms with Crippen LogP contribution in [-0.4, -0.2) is 13.0 Å². The van der Waals surface area contributed by atoms with E-state index in [2.05, 4.69) is 0 Å². The van der Waals surface area contributed by atoms with Crippen molar-refractivity contribution >= 4 is 11.6 Å². The predicted octanol–water partition coefficient (Wildman–Crippen LogP) is 6.06. The molecule has 3 heteroatoms. The molecule has 0 saturated carbocycles. The summed E-state index contributed by atoms with van der Waals surface area (Å²) in [7, 11) is 1.64. The zero-order chi connectivity index (χ0) is 21.5. The van der Waals surface area contributed by atoms with Gasteiger partial charge in [-0.05, 0) is 41.0 Å². The molecule has 0 fully saturated rings. The third-order valence-electron chi connectivity index (χ3n) is 5.35. The minimum Gasteiger partial charge on any atom is -0.497 e. The molecule has 1 amide bonds. The second-order valence-electron chi connectivity index (χ2n) is 7.36. The van der Waals surface area contributed by atoms with Gasteiger partial charge in [0, 0.05) is 5.69 Å². The highest BCUT2D eigenvalue weighted by Crippen LogP contribution is 2.31. The Morgan fingerprint density at radius 2 is 1.19 bits per heavy atom. The van der Waals surface area contributed by atoms with Crippen LogP contribution in [0.15, 0.2) is 115 Å². The maximum absolute atomic E-state index is 14.1. The van der Waals surface area contributed by atoms with E-state index >= 15 is 0 Å². The Bertz CT molecular complexity index is 1050. The molecule has 0 aliphatic carbocycles. The summed E-state index contributed by atoms with van der Waals surface area (Å²) in [5.41, 5.74) is 3.87. The van der Waals surface area contributed by atoms with Gasteiger partial charge in [0.2, 0.25) is 5.91 Å². The molecule has 3 nitrogen and oxygen atoms in total. The first-order valence-electron chi connectivity index (χ1n) is 10.4. The van der Waals surface area contributed by atoms with E-state index < -0.39 is 5.92 Å². The molecule has 0 heterocycles. The summed E-state index contributed by atoms with van der Waals surface area (Å²) in [4.78, 5) is 16.0. The number of nitrogens with zero attached hydrogens (tertiary/aromatic N) is 1. The zero-order valence-corrected chi connectivity index (χ0v) is 17.5. The predicted molar refractivity (Wildman–Crippen MR) is 125 cm³/mol. The van der Waals surface area contributed by atoms with E-state index in [-0.39, 0.29) is 5.91 Å². The van der Waals surface area contributed by atoms with Crippen LogP contribution in [0.2, 0.25) is 0 Å². The van der Waals surface area contributed by atoms with E-state index in [1.54, 1.807) is 7.11 Å². The van der Waals surface area contributed by atoms with Gasteiger partial charge >= 0.3 is 0 Å². The van der Waals surface area contributed by atoms with Gasteiger partial charge in [-0.2, -0.15) is 0 Å². The number of methoxy groups -OCH3 is 1. The molecule has 0 radical (unpaired) electrons. The summed E-state index contributed by atoms with van der Waals surface area (Å²) in [6.45, 7) is 0.488. The first-order chi connectivity index (χ1) is 15.3. The molecule has 4 aromatic rings. The Balaban J connectivity index is 1.78.